The highest BCUT2D eigenvalue weighted by Gasteiger charge is 2.57. The lowest BCUT2D eigenvalue weighted by atomic mass is 9.73. The lowest BCUT2D eigenvalue weighted by Crippen LogP contribution is -2.61. The number of piperidine rings is 1. The molecule has 3 aliphatic heterocycles. The molecule has 2 saturated heterocycles. The van der Waals surface area contributed by atoms with Crippen LogP contribution in [0.1, 0.15) is 68.8 Å². The summed E-state index contributed by atoms with van der Waals surface area (Å²) in [5.41, 5.74) is 0.596. The quantitative estimate of drug-likeness (QED) is 0.664. The van der Waals surface area contributed by atoms with E-state index in [0.29, 0.717) is 28.8 Å². The number of hydrogen-bond donors (Lipinski definition) is 2. The zero-order chi connectivity index (χ0) is 22.4. The first-order chi connectivity index (χ1) is 16.0. The predicted molar refractivity (Wildman–Crippen MR) is 125 cm³/mol. The van der Waals surface area contributed by atoms with E-state index in [2.05, 4.69) is 20.2 Å². The van der Waals surface area contributed by atoms with Gasteiger partial charge in [0.15, 0.2) is 0 Å². The highest BCUT2D eigenvalue weighted by Crippen LogP contribution is 2.55. The number of aromatic nitrogens is 4. The van der Waals surface area contributed by atoms with Gasteiger partial charge in [-0.15, -0.1) is 0 Å². The molecule has 5 heterocycles. The first-order valence-corrected chi connectivity index (χ1v) is 13.5. The van der Waals surface area contributed by atoms with E-state index in [9.17, 15) is 9.32 Å². The van der Waals surface area contributed by atoms with Crippen LogP contribution in [0.15, 0.2) is 17.3 Å². The fourth-order valence-corrected chi connectivity index (χ4v) is 8.08. The summed E-state index contributed by atoms with van der Waals surface area (Å²) >= 11 is 5.97. The monoisotopic (exact) mass is 486 g/mol. The van der Waals surface area contributed by atoms with E-state index in [1.165, 1.54) is 0 Å². The van der Waals surface area contributed by atoms with E-state index in [1.807, 2.05) is 0 Å². The highest BCUT2D eigenvalue weighted by molar-refractivity contribution is 7.87. The summed E-state index contributed by atoms with van der Waals surface area (Å²) in [6, 6.07) is 0.715. The van der Waals surface area contributed by atoms with E-state index in [0.717, 1.165) is 80.1 Å². The van der Waals surface area contributed by atoms with Gasteiger partial charge in [0.1, 0.15) is 16.5 Å². The first kappa shape index (κ1) is 20.5. The van der Waals surface area contributed by atoms with Gasteiger partial charge >= 0.3 is 0 Å². The SMILES string of the molecule is O=[S@@]1c2c(nc(N3C4CC(c5ncc(Cl)cn5)CC3C4)nc2NC2(CO)CCC2)CC12CC2. The van der Waals surface area contributed by atoms with Crippen LogP contribution >= 0.6 is 11.6 Å². The number of hydrogen-bond acceptors (Lipinski definition) is 8. The molecule has 1 spiro atoms. The van der Waals surface area contributed by atoms with E-state index in [4.69, 9.17) is 21.6 Å². The zero-order valence-electron chi connectivity index (χ0n) is 18.3. The van der Waals surface area contributed by atoms with Crippen molar-refractivity contribution in [3.05, 3.63) is 28.9 Å². The molecule has 2 N–H and O–H groups in total. The van der Waals surface area contributed by atoms with Gasteiger partial charge in [-0.05, 0) is 51.4 Å². The Morgan fingerprint density at radius 2 is 1.85 bits per heavy atom. The second kappa shape index (κ2) is 7.09. The summed E-state index contributed by atoms with van der Waals surface area (Å²) in [4.78, 5) is 22.0. The van der Waals surface area contributed by atoms with E-state index in [1.54, 1.807) is 12.4 Å². The molecule has 8 nitrogen and oxygen atoms in total. The molecule has 8 rings (SSSR count). The van der Waals surface area contributed by atoms with Gasteiger partial charge in [0.05, 0.1) is 38.4 Å². The molecule has 3 saturated carbocycles. The zero-order valence-corrected chi connectivity index (χ0v) is 19.9. The van der Waals surface area contributed by atoms with Gasteiger partial charge in [-0.1, -0.05) is 11.6 Å². The Labute approximate surface area is 200 Å². The number of aliphatic hydroxyl groups excluding tert-OH is 1. The lowest BCUT2D eigenvalue weighted by Gasteiger charge is -2.55. The van der Waals surface area contributed by atoms with Crippen molar-refractivity contribution in [3.63, 3.8) is 0 Å². The van der Waals surface area contributed by atoms with Gasteiger partial charge in [-0.25, -0.2) is 15.0 Å². The Hall–Kier alpha value is -1.84. The van der Waals surface area contributed by atoms with E-state index >= 15 is 0 Å². The summed E-state index contributed by atoms with van der Waals surface area (Å²) in [6.07, 6.45) is 12.1. The number of nitrogens with one attached hydrogen (secondary N) is 1. The standard InChI is InChI=1S/C23H27ClN6O2S/c24-14-10-25-19(26-11-14)13-6-15-8-16(7-13)30(15)21-27-17-9-23(4-5-23)33(32)18(17)20(28-21)29-22(12-31)2-1-3-22/h10-11,13,15-16,31H,1-9,12H2,(H,27,28,29)/t13?,15?,16?,33-/m1/s1. The van der Waals surface area contributed by atoms with Crippen molar-refractivity contribution in [2.45, 2.75) is 91.0 Å². The Morgan fingerprint density at radius 3 is 2.45 bits per heavy atom. The Balaban J connectivity index is 1.20. The van der Waals surface area contributed by atoms with Crippen LogP contribution in [-0.4, -0.2) is 58.2 Å². The van der Waals surface area contributed by atoms with Gasteiger partial charge in [0, 0.05) is 36.8 Å². The van der Waals surface area contributed by atoms with E-state index in [-0.39, 0.29) is 16.9 Å². The topological polar surface area (TPSA) is 104 Å². The van der Waals surface area contributed by atoms with Crippen molar-refractivity contribution in [1.82, 2.24) is 19.9 Å². The summed E-state index contributed by atoms with van der Waals surface area (Å²) < 4.78 is 13.2. The number of anilines is 2. The molecular formula is C23H27ClN6O2S. The minimum absolute atomic E-state index is 0.0661. The Bertz CT molecular complexity index is 1130. The number of nitrogens with zero attached hydrogens (tertiary/aromatic N) is 5. The van der Waals surface area contributed by atoms with Crippen LogP contribution in [0.25, 0.3) is 0 Å². The molecule has 2 aromatic heterocycles. The second-order valence-electron chi connectivity index (χ2n) is 10.6. The first-order valence-electron chi connectivity index (χ1n) is 12.0. The molecule has 0 radical (unpaired) electrons. The predicted octanol–water partition coefficient (Wildman–Crippen LogP) is 2.97. The van der Waals surface area contributed by atoms with Gasteiger partial charge < -0.3 is 15.3 Å². The van der Waals surface area contributed by atoms with Gasteiger partial charge in [0.2, 0.25) is 5.95 Å². The fourth-order valence-electron chi connectivity index (χ4n) is 6.21. The van der Waals surface area contributed by atoms with Gasteiger partial charge in [-0.3, -0.25) is 4.21 Å². The molecule has 3 atom stereocenters. The molecule has 33 heavy (non-hydrogen) atoms. The summed E-state index contributed by atoms with van der Waals surface area (Å²) in [7, 11) is -1.08. The van der Waals surface area contributed by atoms with Crippen LogP contribution < -0.4 is 10.2 Å². The molecule has 2 aromatic rings. The largest absolute Gasteiger partial charge is 0.394 e. The molecule has 0 aromatic carbocycles. The van der Waals surface area contributed by atoms with Crippen molar-refractivity contribution in [1.29, 1.82) is 0 Å². The third-order valence-corrected chi connectivity index (χ3v) is 10.8. The minimum atomic E-state index is -1.08. The highest BCUT2D eigenvalue weighted by atomic mass is 35.5. The van der Waals surface area contributed by atoms with Crippen molar-refractivity contribution in [2.24, 2.45) is 0 Å². The average Bonchev–Trinajstić information content (AvgIpc) is 3.51. The van der Waals surface area contributed by atoms with Crippen molar-refractivity contribution in [3.8, 4) is 0 Å². The van der Waals surface area contributed by atoms with Crippen LogP contribution in [0.4, 0.5) is 11.8 Å². The van der Waals surface area contributed by atoms with Crippen molar-refractivity contribution in [2.75, 3.05) is 16.8 Å². The smallest absolute Gasteiger partial charge is 0.228 e. The Morgan fingerprint density at radius 1 is 1.12 bits per heavy atom. The molecule has 5 fully saturated rings. The molecule has 0 amide bonds. The number of halogens is 1. The van der Waals surface area contributed by atoms with Crippen LogP contribution in [0.3, 0.4) is 0 Å². The molecule has 174 valence electrons. The minimum Gasteiger partial charge on any atom is -0.394 e. The van der Waals surface area contributed by atoms with Crippen molar-refractivity contribution < 1.29 is 9.32 Å². The van der Waals surface area contributed by atoms with E-state index < -0.39 is 10.8 Å². The normalized spacial score (nSPS) is 32.1. The summed E-state index contributed by atoms with van der Waals surface area (Å²) in [5, 5.41) is 14.1. The van der Waals surface area contributed by atoms with Crippen LogP contribution in [-0.2, 0) is 17.2 Å². The third kappa shape index (κ3) is 3.08. The van der Waals surface area contributed by atoms with Gasteiger partial charge in [0.25, 0.3) is 0 Å². The maximum atomic E-state index is 13.4. The van der Waals surface area contributed by atoms with Crippen molar-refractivity contribution >= 4 is 34.2 Å². The molecular weight excluding hydrogens is 460 g/mol. The molecule has 6 aliphatic rings. The third-order valence-electron chi connectivity index (χ3n) is 8.48. The maximum Gasteiger partial charge on any atom is 0.228 e. The molecule has 10 heteroatoms. The maximum absolute atomic E-state index is 13.4. The van der Waals surface area contributed by atoms with Gasteiger partial charge in [-0.2, -0.15) is 4.98 Å². The summed E-state index contributed by atoms with van der Waals surface area (Å²) in [6.45, 7) is 0.0661. The molecule has 2 unspecified atom stereocenters. The van der Waals surface area contributed by atoms with Crippen LogP contribution in [0.2, 0.25) is 5.02 Å². The molecule has 2 bridgehead atoms. The molecule has 3 aliphatic carbocycles. The second-order valence-corrected chi connectivity index (χ2v) is 12.8. The van der Waals surface area contributed by atoms with Crippen LogP contribution in [0, 0.1) is 0 Å². The summed E-state index contributed by atoms with van der Waals surface area (Å²) in [5.74, 6) is 2.62. The number of aliphatic hydroxyl groups is 1. The number of rotatable bonds is 5. The Kier molecular flexibility index (Phi) is 4.41. The lowest BCUT2D eigenvalue weighted by molar-refractivity contribution is 0.143. The van der Waals surface area contributed by atoms with Crippen LogP contribution in [0.5, 0.6) is 0 Å². The fraction of sp³-hybridized carbons (Fsp3) is 0.652. The average molecular weight is 487 g/mol. The number of fused-ring (bicyclic) bond motifs is 3.